The zero-order chi connectivity index (χ0) is 15.3. The molecule has 0 bridgehead atoms. The number of hydrogen-bond donors (Lipinski definition) is 1. The van der Waals surface area contributed by atoms with E-state index in [1.165, 1.54) is 12.1 Å². The first-order valence-electron chi connectivity index (χ1n) is 6.01. The highest BCUT2D eigenvalue weighted by Crippen LogP contribution is 2.35. The molecule has 1 N–H and O–H groups in total. The Morgan fingerprint density at radius 3 is 2.60 bits per heavy atom. The van der Waals surface area contributed by atoms with Crippen LogP contribution in [0.25, 0.3) is 0 Å². The third-order valence-corrected chi connectivity index (χ3v) is 3.75. The van der Waals surface area contributed by atoms with Crippen LogP contribution in [-0.4, -0.2) is 17.3 Å². The molecule has 0 aliphatic heterocycles. The van der Waals surface area contributed by atoms with E-state index >= 15 is 0 Å². The number of alkyl halides is 4. The molecule has 0 saturated heterocycles. The Balaban J connectivity index is 2.70. The molecule has 1 unspecified atom stereocenters. The minimum Gasteiger partial charge on any atom is -0.352 e. The third-order valence-electron chi connectivity index (χ3n) is 2.60. The molecular formula is C13H14Br2F3NO. The molecule has 112 valence electrons. The molecule has 0 radical (unpaired) electrons. The Morgan fingerprint density at radius 2 is 2.05 bits per heavy atom. The number of hydrogen-bond acceptors (Lipinski definition) is 1. The Hall–Kier alpha value is -0.560. The average molecular weight is 417 g/mol. The van der Waals surface area contributed by atoms with Gasteiger partial charge in [0.05, 0.1) is 5.56 Å². The van der Waals surface area contributed by atoms with Gasteiger partial charge in [0, 0.05) is 21.4 Å². The zero-order valence-corrected chi connectivity index (χ0v) is 13.9. The first-order chi connectivity index (χ1) is 9.21. The number of carbonyl (C=O) groups is 1. The maximum atomic E-state index is 12.7. The minimum absolute atomic E-state index is 0.00687. The number of carbonyl (C=O) groups excluding carboxylic acids is 1. The van der Waals surface area contributed by atoms with Gasteiger partial charge in [-0.15, -0.1) is 0 Å². The van der Waals surface area contributed by atoms with Crippen LogP contribution >= 0.6 is 31.9 Å². The smallest absolute Gasteiger partial charge is 0.352 e. The topological polar surface area (TPSA) is 29.1 Å². The molecule has 0 aliphatic rings. The van der Waals surface area contributed by atoms with Crippen LogP contribution in [0.1, 0.15) is 35.7 Å². The van der Waals surface area contributed by atoms with Crippen LogP contribution in [0.15, 0.2) is 22.7 Å². The van der Waals surface area contributed by atoms with E-state index in [-0.39, 0.29) is 10.0 Å². The summed E-state index contributed by atoms with van der Waals surface area (Å²) in [4.78, 5) is 12.1. The van der Waals surface area contributed by atoms with Crippen LogP contribution in [0.5, 0.6) is 0 Å². The number of benzene rings is 1. The van der Waals surface area contributed by atoms with Crippen molar-refractivity contribution in [2.45, 2.75) is 30.8 Å². The van der Waals surface area contributed by atoms with E-state index in [1.807, 2.05) is 6.92 Å². The largest absolute Gasteiger partial charge is 0.417 e. The molecule has 0 saturated carbocycles. The second-order valence-electron chi connectivity index (χ2n) is 4.37. The molecule has 2 nitrogen and oxygen atoms in total. The Bertz CT molecular complexity index is 475. The van der Waals surface area contributed by atoms with Gasteiger partial charge >= 0.3 is 6.18 Å². The fraction of sp³-hybridized carbons (Fsp3) is 0.462. The second-order valence-corrected chi connectivity index (χ2v) is 6.79. The van der Waals surface area contributed by atoms with E-state index in [1.54, 1.807) is 0 Å². The average Bonchev–Trinajstić information content (AvgIpc) is 2.33. The highest BCUT2D eigenvalue weighted by molar-refractivity contribution is 9.10. The summed E-state index contributed by atoms with van der Waals surface area (Å²) in [5.41, 5.74) is -0.841. The lowest BCUT2D eigenvalue weighted by atomic mass is 10.1. The van der Waals surface area contributed by atoms with Crippen molar-refractivity contribution < 1.29 is 18.0 Å². The van der Waals surface area contributed by atoms with Crippen LogP contribution < -0.4 is 5.32 Å². The van der Waals surface area contributed by atoms with Crippen LogP contribution in [0, 0.1) is 0 Å². The summed E-state index contributed by atoms with van der Waals surface area (Å²) in [6.07, 6.45) is -2.84. The van der Waals surface area contributed by atoms with Crippen LogP contribution in [0.4, 0.5) is 13.2 Å². The number of rotatable bonds is 5. The van der Waals surface area contributed by atoms with Crippen LogP contribution in [0.3, 0.4) is 0 Å². The van der Waals surface area contributed by atoms with E-state index in [2.05, 4.69) is 37.2 Å². The van der Waals surface area contributed by atoms with Gasteiger partial charge in [-0.2, -0.15) is 13.2 Å². The fourth-order valence-corrected chi connectivity index (χ4v) is 2.37. The van der Waals surface area contributed by atoms with Crippen molar-refractivity contribution in [3.63, 3.8) is 0 Å². The number of halogens is 5. The first kappa shape index (κ1) is 17.5. The molecule has 0 fully saturated rings. The summed E-state index contributed by atoms with van der Waals surface area (Å²) in [5.74, 6) is -0.495. The van der Waals surface area contributed by atoms with Crippen molar-refractivity contribution in [2.75, 3.05) is 6.54 Å². The van der Waals surface area contributed by atoms with Crippen LogP contribution in [-0.2, 0) is 6.18 Å². The first-order valence-corrected chi connectivity index (χ1v) is 7.71. The number of nitrogens with one attached hydrogen (secondary N) is 1. The molecule has 0 spiro atoms. The van der Waals surface area contributed by atoms with E-state index in [4.69, 9.17) is 0 Å². The Kier molecular flexibility index (Phi) is 6.51. The predicted octanol–water partition coefficient (Wildman–Crippen LogP) is 4.76. The zero-order valence-electron chi connectivity index (χ0n) is 10.7. The van der Waals surface area contributed by atoms with E-state index < -0.39 is 17.6 Å². The van der Waals surface area contributed by atoms with E-state index in [9.17, 15) is 18.0 Å². The molecule has 0 heterocycles. The SMILES string of the molecule is CC(Br)CCCNC(=O)c1ccc(Br)c(C(F)(F)F)c1. The molecule has 1 aromatic carbocycles. The lowest BCUT2D eigenvalue weighted by Gasteiger charge is -2.11. The van der Waals surface area contributed by atoms with Gasteiger partial charge in [0.1, 0.15) is 0 Å². The van der Waals surface area contributed by atoms with E-state index in [0.717, 1.165) is 18.9 Å². The molecule has 20 heavy (non-hydrogen) atoms. The van der Waals surface area contributed by atoms with Crippen molar-refractivity contribution >= 4 is 37.8 Å². The van der Waals surface area contributed by atoms with Gasteiger partial charge in [-0.05, 0) is 31.0 Å². The third kappa shape index (κ3) is 5.44. The van der Waals surface area contributed by atoms with Gasteiger partial charge < -0.3 is 5.32 Å². The summed E-state index contributed by atoms with van der Waals surface area (Å²) in [6.45, 7) is 2.43. The molecule has 1 atom stereocenters. The van der Waals surface area contributed by atoms with Gasteiger partial charge in [-0.1, -0.05) is 38.8 Å². The summed E-state index contributed by atoms with van der Waals surface area (Å²) >= 11 is 6.22. The maximum absolute atomic E-state index is 12.7. The van der Waals surface area contributed by atoms with Crippen molar-refractivity contribution in [2.24, 2.45) is 0 Å². The molecule has 1 rings (SSSR count). The molecule has 0 aliphatic carbocycles. The normalized spacial score (nSPS) is 13.1. The van der Waals surface area contributed by atoms with E-state index in [0.29, 0.717) is 11.4 Å². The van der Waals surface area contributed by atoms with Crippen LogP contribution in [0.2, 0.25) is 0 Å². The molecule has 7 heteroatoms. The Labute approximate surface area is 132 Å². The predicted molar refractivity (Wildman–Crippen MR) is 79.1 cm³/mol. The summed E-state index contributed by atoms with van der Waals surface area (Å²) in [6, 6.07) is 3.45. The molecular weight excluding hydrogens is 403 g/mol. The standard InChI is InChI=1S/C13H14Br2F3NO/c1-8(14)3-2-6-19-12(20)9-4-5-11(15)10(7-9)13(16,17)18/h4-5,7-8H,2-3,6H2,1H3,(H,19,20). The highest BCUT2D eigenvalue weighted by atomic mass is 79.9. The van der Waals surface area contributed by atoms with Gasteiger partial charge in [0.25, 0.3) is 5.91 Å². The maximum Gasteiger partial charge on any atom is 0.417 e. The minimum atomic E-state index is -4.49. The quantitative estimate of drug-likeness (QED) is 0.544. The van der Waals surface area contributed by atoms with Gasteiger partial charge in [-0.3, -0.25) is 4.79 Å². The van der Waals surface area contributed by atoms with Gasteiger partial charge in [0.15, 0.2) is 0 Å². The highest BCUT2D eigenvalue weighted by Gasteiger charge is 2.33. The number of amides is 1. The second kappa shape index (κ2) is 7.45. The summed E-state index contributed by atoms with van der Waals surface area (Å²) < 4.78 is 38.1. The lowest BCUT2D eigenvalue weighted by molar-refractivity contribution is -0.138. The summed E-state index contributed by atoms with van der Waals surface area (Å²) in [5, 5.41) is 2.61. The van der Waals surface area contributed by atoms with Gasteiger partial charge in [-0.25, -0.2) is 0 Å². The lowest BCUT2D eigenvalue weighted by Crippen LogP contribution is -2.25. The molecule has 1 aromatic rings. The van der Waals surface area contributed by atoms with Crippen molar-refractivity contribution in [3.8, 4) is 0 Å². The monoisotopic (exact) mass is 415 g/mol. The summed E-state index contributed by atoms with van der Waals surface area (Å²) in [7, 11) is 0. The fourth-order valence-electron chi connectivity index (χ4n) is 1.57. The Morgan fingerprint density at radius 1 is 1.40 bits per heavy atom. The van der Waals surface area contributed by atoms with Gasteiger partial charge in [0.2, 0.25) is 0 Å². The van der Waals surface area contributed by atoms with Crippen molar-refractivity contribution in [1.29, 1.82) is 0 Å². The molecule has 1 amide bonds. The van der Waals surface area contributed by atoms with Crippen molar-refractivity contribution in [1.82, 2.24) is 5.32 Å². The van der Waals surface area contributed by atoms with Crippen molar-refractivity contribution in [3.05, 3.63) is 33.8 Å². The molecule has 0 aromatic heterocycles.